The summed E-state index contributed by atoms with van der Waals surface area (Å²) in [7, 11) is 2.96. The molecule has 0 radical (unpaired) electrons. The Kier molecular flexibility index (Phi) is 7.48. The van der Waals surface area contributed by atoms with Gasteiger partial charge >= 0.3 is 0 Å². The summed E-state index contributed by atoms with van der Waals surface area (Å²) in [5.41, 5.74) is 12.0. The van der Waals surface area contributed by atoms with Crippen molar-refractivity contribution < 1.29 is 9.47 Å². The predicted octanol–water partition coefficient (Wildman–Crippen LogP) is 2.37. The number of anilines is 2. The molecule has 1 aromatic rings. The van der Waals surface area contributed by atoms with E-state index in [1.807, 2.05) is 0 Å². The van der Waals surface area contributed by atoms with Gasteiger partial charge in [-0.1, -0.05) is 11.6 Å². The molecule has 15 heavy (non-hydrogen) atoms. The molecule has 0 unspecified atom stereocenters. The quantitative estimate of drug-likeness (QED) is 0.813. The molecule has 0 fully saturated rings. The molecule has 0 amide bonds. The Bertz CT molecular complexity index is 306. The molecule has 0 spiro atoms. The minimum atomic E-state index is 0. The fourth-order valence-corrected chi connectivity index (χ4v) is 1.39. The number of benzene rings is 1. The van der Waals surface area contributed by atoms with E-state index >= 15 is 0 Å². The molecule has 4 N–H and O–H groups in total. The van der Waals surface area contributed by atoms with E-state index in [-0.39, 0.29) is 24.8 Å². The van der Waals surface area contributed by atoms with Gasteiger partial charge in [-0.3, -0.25) is 0 Å². The van der Waals surface area contributed by atoms with E-state index in [1.165, 1.54) is 20.3 Å². The van der Waals surface area contributed by atoms with Crippen molar-refractivity contribution in [2.75, 3.05) is 25.7 Å². The fraction of sp³-hybridized carbons (Fsp3) is 0.250. The van der Waals surface area contributed by atoms with Gasteiger partial charge in [-0.25, -0.2) is 0 Å². The zero-order valence-electron chi connectivity index (χ0n) is 8.24. The van der Waals surface area contributed by atoms with E-state index in [4.69, 9.17) is 32.5 Å². The standard InChI is InChI=1S/C8H11ClN2O2.2ClH/c1-12-7-4(9)3-5(10)8(13-2)6(7)11;;/h3H,10-11H2,1-2H3;2*1H. The molecule has 0 aromatic heterocycles. The third-order valence-corrected chi connectivity index (χ3v) is 1.94. The number of hydrogen-bond acceptors (Lipinski definition) is 4. The lowest BCUT2D eigenvalue weighted by molar-refractivity contribution is 0.400. The number of rotatable bonds is 2. The third-order valence-electron chi connectivity index (χ3n) is 1.66. The van der Waals surface area contributed by atoms with Crippen LogP contribution in [-0.4, -0.2) is 14.2 Å². The molecular weight excluding hydrogens is 262 g/mol. The number of nitrogen functional groups attached to an aromatic ring is 2. The predicted molar refractivity (Wildman–Crippen MR) is 67.9 cm³/mol. The van der Waals surface area contributed by atoms with Crippen LogP contribution in [0.15, 0.2) is 6.07 Å². The lowest BCUT2D eigenvalue weighted by Crippen LogP contribution is -2.01. The van der Waals surface area contributed by atoms with Crippen LogP contribution >= 0.6 is 36.4 Å². The van der Waals surface area contributed by atoms with Crippen LogP contribution in [0.2, 0.25) is 5.02 Å². The van der Waals surface area contributed by atoms with E-state index in [2.05, 4.69) is 0 Å². The molecule has 0 saturated carbocycles. The van der Waals surface area contributed by atoms with Crippen molar-refractivity contribution in [2.45, 2.75) is 0 Å². The second-order valence-corrected chi connectivity index (χ2v) is 2.83. The molecule has 1 aromatic carbocycles. The molecule has 4 nitrogen and oxygen atoms in total. The van der Waals surface area contributed by atoms with Crippen LogP contribution in [0.4, 0.5) is 11.4 Å². The molecule has 0 atom stereocenters. The monoisotopic (exact) mass is 274 g/mol. The Labute approximate surface area is 106 Å². The maximum Gasteiger partial charge on any atom is 0.168 e. The van der Waals surface area contributed by atoms with Gasteiger partial charge in [0.25, 0.3) is 0 Å². The van der Waals surface area contributed by atoms with Crippen molar-refractivity contribution in [1.82, 2.24) is 0 Å². The van der Waals surface area contributed by atoms with Gasteiger partial charge in [0, 0.05) is 0 Å². The summed E-state index contributed by atoms with van der Waals surface area (Å²) in [6.07, 6.45) is 0. The molecule has 1 rings (SSSR count). The highest BCUT2D eigenvalue weighted by molar-refractivity contribution is 6.33. The normalized spacial score (nSPS) is 8.47. The van der Waals surface area contributed by atoms with Crippen molar-refractivity contribution in [3.8, 4) is 11.5 Å². The average molecular weight is 276 g/mol. The molecule has 7 heteroatoms. The minimum absolute atomic E-state index is 0. The Morgan fingerprint density at radius 1 is 1.07 bits per heavy atom. The van der Waals surface area contributed by atoms with Crippen molar-refractivity contribution in [3.05, 3.63) is 11.1 Å². The van der Waals surface area contributed by atoms with Crippen LogP contribution < -0.4 is 20.9 Å². The Morgan fingerprint density at radius 3 is 1.93 bits per heavy atom. The van der Waals surface area contributed by atoms with Gasteiger partial charge in [0.15, 0.2) is 11.5 Å². The molecule has 0 aliphatic heterocycles. The molecule has 0 saturated heterocycles. The van der Waals surface area contributed by atoms with Gasteiger partial charge in [0.2, 0.25) is 0 Å². The largest absolute Gasteiger partial charge is 0.493 e. The number of nitrogens with two attached hydrogens (primary N) is 2. The zero-order chi connectivity index (χ0) is 10.0. The summed E-state index contributed by atoms with van der Waals surface area (Å²) in [5, 5.41) is 0.373. The number of hydrogen-bond donors (Lipinski definition) is 2. The summed E-state index contributed by atoms with van der Waals surface area (Å²) in [5.74, 6) is 0.772. The molecule has 0 bridgehead atoms. The molecule has 88 valence electrons. The van der Waals surface area contributed by atoms with Crippen LogP contribution in [0.1, 0.15) is 0 Å². The zero-order valence-corrected chi connectivity index (χ0v) is 10.6. The van der Waals surface area contributed by atoms with Gasteiger partial charge < -0.3 is 20.9 Å². The maximum absolute atomic E-state index is 5.82. The van der Waals surface area contributed by atoms with Gasteiger partial charge in [0.05, 0.1) is 24.9 Å². The van der Waals surface area contributed by atoms with Crippen LogP contribution in [0.25, 0.3) is 0 Å². The topological polar surface area (TPSA) is 70.5 Å². The van der Waals surface area contributed by atoms with Gasteiger partial charge in [-0.2, -0.15) is 0 Å². The fourth-order valence-electron chi connectivity index (χ4n) is 1.09. The first-order valence-corrected chi connectivity index (χ1v) is 3.95. The van der Waals surface area contributed by atoms with Gasteiger partial charge in [0.1, 0.15) is 5.69 Å². The highest BCUT2D eigenvalue weighted by Crippen LogP contribution is 2.42. The lowest BCUT2D eigenvalue weighted by Gasteiger charge is -2.12. The molecular formula is C8H13Cl3N2O2. The molecule has 0 aliphatic carbocycles. The van der Waals surface area contributed by atoms with Crippen LogP contribution in [0.5, 0.6) is 11.5 Å². The lowest BCUT2D eigenvalue weighted by atomic mass is 10.2. The summed E-state index contributed by atoms with van der Waals surface area (Å²) >= 11 is 5.82. The maximum atomic E-state index is 5.82. The van der Waals surface area contributed by atoms with Crippen molar-refractivity contribution >= 4 is 47.8 Å². The second-order valence-electron chi connectivity index (χ2n) is 2.43. The van der Waals surface area contributed by atoms with E-state index in [1.54, 1.807) is 0 Å². The Balaban J connectivity index is 0. The van der Waals surface area contributed by atoms with Crippen molar-refractivity contribution in [3.63, 3.8) is 0 Å². The first-order chi connectivity index (χ1) is 6.11. The highest BCUT2D eigenvalue weighted by Gasteiger charge is 2.14. The van der Waals surface area contributed by atoms with Gasteiger partial charge in [-0.05, 0) is 6.07 Å². The van der Waals surface area contributed by atoms with Crippen LogP contribution in [0.3, 0.4) is 0 Å². The van der Waals surface area contributed by atoms with Crippen LogP contribution in [0, 0.1) is 0 Å². The van der Waals surface area contributed by atoms with E-state index in [0.29, 0.717) is 27.9 Å². The summed E-state index contributed by atoms with van der Waals surface area (Å²) in [6, 6.07) is 1.54. The number of ether oxygens (including phenoxy) is 2. The van der Waals surface area contributed by atoms with Gasteiger partial charge in [-0.15, -0.1) is 24.8 Å². The first-order valence-electron chi connectivity index (χ1n) is 3.57. The minimum Gasteiger partial charge on any atom is -0.493 e. The van der Waals surface area contributed by atoms with Crippen molar-refractivity contribution in [1.29, 1.82) is 0 Å². The number of methoxy groups -OCH3 is 2. The second kappa shape index (κ2) is 6.71. The van der Waals surface area contributed by atoms with E-state index < -0.39 is 0 Å². The average Bonchev–Trinajstić information content (AvgIpc) is 2.04. The Morgan fingerprint density at radius 2 is 1.53 bits per heavy atom. The highest BCUT2D eigenvalue weighted by atomic mass is 35.5. The van der Waals surface area contributed by atoms with E-state index in [9.17, 15) is 0 Å². The molecule has 0 aliphatic rings. The van der Waals surface area contributed by atoms with E-state index in [0.717, 1.165) is 0 Å². The SMILES string of the molecule is COc1c(N)cc(Cl)c(OC)c1N.Cl.Cl. The summed E-state index contributed by atoms with van der Waals surface area (Å²) < 4.78 is 9.97. The smallest absolute Gasteiger partial charge is 0.168 e. The molecule has 0 heterocycles. The van der Waals surface area contributed by atoms with Crippen molar-refractivity contribution in [2.24, 2.45) is 0 Å². The Hall–Kier alpha value is -0.710. The summed E-state index contributed by atoms with van der Waals surface area (Å²) in [6.45, 7) is 0. The number of halogens is 3. The third kappa shape index (κ3) is 3.12. The summed E-state index contributed by atoms with van der Waals surface area (Å²) in [4.78, 5) is 0. The first kappa shape index (κ1) is 16.7. The van der Waals surface area contributed by atoms with Crippen LogP contribution in [-0.2, 0) is 0 Å².